The molecule has 6 nitrogen and oxygen atoms in total. The molecule has 134 valence electrons. The Kier molecular flexibility index (Phi) is 4.28. The van der Waals surface area contributed by atoms with Crippen molar-refractivity contribution in [3.63, 3.8) is 0 Å². The highest BCUT2D eigenvalue weighted by Gasteiger charge is 2.23. The SMILES string of the molecule is Cc1cc2nccc(=O)n2nc1N1CCC(Oc2ccc(F)cc2)CC1. The van der Waals surface area contributed by atoms with Crippen molar-refractivity contribution in [3.8, 4) is 5.75 Å². The van der Waals surface area contributed by atoms with Crippen LogP contribution in [-0.4, -0.2) is 33.8 Å². The Labute approximate surface area is 149 Å². The molecule has 1 aliphatic heterocycles. The van der Waals surface area contributed by atoms with Crippen molar-refractivity contribution in [2.24, 2.45) is 0 Å². The van der Waals surface area contributed by atoms with Gasteiger partial charge >= 0.3 is 0 Å². The molecule has 0 N–H and O–H groups in total. The molecule has 1 aromatic carbocycles. The van der Waals surface area contributed by atoms with Crippen molar-refractivity contribution in [1.29, 1.82) is 0 Å². The van der Waals surface area contributed by atoms with E-state index in [2.05, 4.69) is 15.0 Å². The van der Waals surface area contributed by atoms with E-state index in [1.165, 1.54) is 28.9 Å². The summed E-state index contributed by atoms with van der Waals surface area (Å²) in [7, 11) is 0. The van der Waals surface area contributed by atoms with E-state index < -0.39 is 0 Å². The van der Waals surface area contributed by atoms with E-state index >= 15 is 0 Å². The van der Waals surface area contributed by atoms with Crippen LogP contribution in [-0.2, 0) is 0 Å². The fourth-order valence-electron chi connectivity index (χ4n) is 3.25. The zero-order chi connectivity index (χ0) is 18.1. The first kappa shape index (κ1) is 16.5. The Balaban J connectivity index is 1.48. The molecule has 0 atom stereocenters. The van der Waals surface area contributed by atoms with Crippen molar-refractivity contribution >= 4 is 11.5 Å². The van der Waals surface area contributed by atoms with E-state index in [0.29, 0.717) is 11.4 Å². The van der Waals surface area contributed by atoms with Gasteiger partial charge in [-0.05, 0) is 42.8 Å². The van der Waals surface area contributed by atoms with Gasteiger partial charge in [-0.3, -0.25) is 4.79 Å². The second kappa shape index (κ2) is 6.74. The van der Waals surface area contributed by atoms with Crippen molar-refractivity contribution in [3.05, 3.63) is 64.3 Å². The molecule has 0 amide bonds. The number of rotatable bonds is 3. The number of anilines is 1. The number of aromatic nitrogens is 3. The van der Waals surface area contributed by atoms with Gasteiger partial charge in [0.05, 0.1) is 0 Å². The Bertz CT molecular complexity index is 979. The van der Waals surface area contributed by atoms with Crippen LogP contribution in [0.5, 0.6) is 5.75 Å². The summed E-state index contributed by atoms with van der Waals surface area (Å²) in [5, 5.41) is 4.50. The van der Waals surface area contributed by atoms with Crippen LogP contribution >= 0.6 is 0 Å². The second-order valence-electron chi connectivity index (χ2n) is 6.46. The van der Waals surface area contributed by atoms with Crippen molar-refractivity contribution in [1.82, 2.24) is 14.6 Å². The number of fused-ring (bicyclic) bond motifs is 1. The van der Waals surface area contributed by atoms with Gasteiger partial charge in [0.15, 0.2) is 11.5 Å². The van der Waals surface area contributed by atoms with E-state index in [-0.39, 0.29) is 17.5 Å². The largest absolute Gasteiger partial charge is 0.490 e. The molecule has 0 unspecified atom stereocenters. The number of hydrogen-bond acceptors (Lipinski definition) is 5. The number of halogens is 1. The number of hydrogen-bond donors (Lipinski definition) is 0. The lowest BCUT2D eigenvalue weighted by atomic mass is 10.1. The minimum Gasteiger partial charge on any atom is -0.490 e. The van der Waals surface area contributed by atoms with Gasteiger partial charge in [0.2, 0.25) is 0 Å². The van der Waals surface area contributed by atoms with Crippen molar-refractivity contribution in [2.75, 3.05) is 18.0 Å². The molecule has 4 rings (SSSR count). The van der Waals surface area contributed by atoms with E-state index in [9.17, 15) is 9.18 Å². The van der Waals surface area contributed by atoms with Crippen LogP contribution in [0.1, 0.15) is 18.4 Å². The number of aryl methyl sites for hydroxylation is 1. The average molecular weight is 354 g/mol. The van der Waals surface area contributed by atoms with Crippen LogP contribution < -0.4 is 15.2 Å². The summed E-state index contributed by atoms with van der Waals surface area (Å²) >= 11 is 0. The molecule has 0 radical (unpaired) electrons. The van der Waals surface area contributed by atoms with Gasteiger partial charge in [-0.25, -0.2) is 9.37 Å². The molecule has 1 fully saturated rings. The highest BCUT2D eigenvalue weighted by atomic mass is 19.1. The summed E-state index contributed by atoms with van der Waals surface area (Å²) in [6, 6.07) is 9.39. The van der Waals surface area contributed by atoms with Gasteiger partial charge in [0, 0.05) is 38.2 Å². The fraction of sp³-hybridized carbons (Fsp3) is 0.316. The molecular weight excluding hydrogens is 335 g/mol. The van der Waals surface area contributed by atoms with Crippen LogP contribution in [0, 0.1) is 12.7 Å². The molecule has 0 spiro atoms. The molecule has 2 aromatic heterocycles. The predicted octanol–water partition coefficient (Wildman–Crippen LogP) is 2.58. The zero-order valence-corrected chi connectivity index (χ0v) is 14.4. The van der Waals surface area contributed by atoms with Gasteiger partial charge in [-0.2, -0.15) is 4.52 Å². The fourth-order valence-corrected chi connectivity index (χ4v) is 3.25. The first-order valence-electron chi connectivity index (χ1n) is 8.63. The van der Waals surface area contributed by atoms with Crippen LogP contribution in [0.2, 0.25) is 0 Å². The Morgan fingerprint density at radius 3 is 2.62 bits per heavy atom. The Morgan fingerprint density at radius 1 is 1.15 bits per heavy atom. The third kappa shape index (κ3) is 3.24. The zero-order valence-electron chi connectivity index (χ0n) is 14.4. The second-order valence-corrected chi connectivity index (χ2v) is 6.46. The first-order valence-corrected chi connectivity index (χ1v) is 8.63. The molecule has 0 aliphatic carbocycles. The number of piperidine rings is 1. The van der Waals surface area contributed by atoms with E-state index in [1.807, 2.05) is 13.0 Å². The van der Waals surface area contributed by atoms with Crippen LogP contribution in [0.3, 0.4) is 0 Å². The van der Waals surface area contributed by atoms with Gasteiger partial charge in [0.25, 0.3) is 5.56 Å². The predicted molar refractivity (Wildman–Crippen MR) is 96.3 cm³/mol. The molecule has 1 saturated heterocycles. The van der Waals surface area contributed by atoms with E-state index in [4.69, 9.17) is 4.74 Å². The number of nitrogens with zero attached hydrogens (tertiary/aromatic N) is 4. The lowest BCUT2D eigenvalue weighted by molar-refractivity contribution is 0.170. The van der Waals surface area contributed by atoms with Gasteiger partial charge in [-0.1, -0.05) is 0 Å². The minimum absolute atomic E-state index is 0.0851. The molecule has 3 aromatic rings. The van der Waals surface area contributed by atoms with Gasteiger partial charge in [-0.15, -0.1) is 5.10 Å². The molecule has 1 aliphatic rings. The summed E-state index contributed by atoms with van der Waals surface area (Å²) in [6.07, 6.45) is 3.25. The van der Waals surface area contributed by atoms with E-state index in [1.54, 1.807) is 12.1 Å². The normalized spacial score (nSPS) is 15.4. The molecule has 0 bridgehead atoms. The number of ether oxygens (including phenoxy) is 1. The lowest BCUT2D eigenvalue weighted by Crippen LogP contribution is -2.39. The van der Waals surface area contributed by atoms with Crippen LogP contribution in [0.15, 0.2) is 47.4 Å². The highest BCUT2D eigenvalue weighted by molar-refractivity contribution is 5.52. The maximum Gasteiger partial charge on any atom is 0.274 e. The van der Waals surface area contributed by atoms with E-state index in [0.717, 1.165) is 37.3 Å². The number of benzene rings is 1. The summed E-state index contributed by atoms with van der Waals surface area (Å²) in [4.78, 5) is 18.4. The molecule has 26 heavy (non-hydrogen) atoms. The van der Waals surface area contributed by atoms with Crippen LogP contribution in [0.25, 0.3) is 5.65 Å². The monoisotopic (exact) mass is 354 g/mol. The molecular formula is C19H19FN4O2. The summed E-state index contributed by atoms with van der Waals surface area (Å²) < 4.78 is 20.3. The minimum atomic E-state index is -0.269. The Hall–Kier alpha value is -2.96. The molecule has 0 saturated carbocycles. The maximum absolute atomic E-state index is 13.0. The Morgan fingerprint density at radius 2 is 1.88 bits per heavy atom. The maximum atomic E-state index is 13.0. The topological polar surface area (TPSA) is 59.7 Å². The third-order valence-corrected chi connectivity index (χ3v) is 4.60. The van der Waals surface area contributed by atoms with Gasteiger partial charge < -0.3 is 9.64 Å². The van der Waals surface area contributed by atoms with Crippen molar-refractivity contribution < 1.29 is 9.13 Å². The van der Waals surface area contributed by atoms with Crippen molar-refractivity contribution in [2.45, 2.75) is 25.9 Å². The lowest BCUT2D eigenvalue weighted by Gasteiger charge is -2.33. The summed E-state index contributed by atoms with van der Waals surface area (Å²) in [5.41, 5.74) is 1.35. The van der Waals surface area contributed by atoms with Crippen LogP contribution in [0.4, 0.5) is 10.2 Å². The smallest absolute Gasteiger partial charge is 0.274 e. The highest BCUT2D eigenvalue weighted by Crippen LogP contribution is 2.24. The molecule has 3 heterocycles. The average Bonchev–Trinajstić information content (AvgIpc) is 2.64. The molecule has 7 heteroatoms. The summed E-state index contributed by atoms with van der Waals surface area (Å²) in [6.45, 7) is 3.53. The quantitative estimate of drug-likeness (QED) is 0.724. The summed E-state index contributed by atoms with van der Waals surface area (Å²) in [5.74, 6) is 1.21. The standard InChI is InChI=1S/C19H19FN4O2/c1-13-12-17-21-9-6-18(25)24(17)22-19(13)23-10-7-16(8-11-23)26-15-4-2-14(20)3-5-15/h2-6,9,12,16H,7-8,10-11H2,1H3. The third-order valence-electron chi connectivity index (χ3n) is 4.60. The van der Waals surface area contributed by atoms with Gasteiger partial charge in [0.1, 0.15) is 17.7 Å². The first-order chi connectivity index (χ1) is 12.6.